The van der Waals surface area contributed by atoms with Crippen LogP contribution in [0.1, 0.15) is 37.8 Å². The maximum absolute atomic E-state index is 12.9. The van der Waals surface area contributed by atoms with E-state index in [-0.39, 0.29) is 0 Å². The van der Waals surface area contributed by atoms with Gasteiger partial charge in [-0.15, -0.1) is 0 Å². The van der Waals surface area contributed by atoms with Crippen LogP contribution >= 0.6 is 0 Å². The smallest absolute Gasteiger partial charge is 0.210 e. The van der Waals surface area contributed by atoms with E-state index < -0.39 is 11.8 Å². The Hall–Kier alpha value is -0.920. The molecular formula is C14H18F2. The highest BCUT2D eigenvalue weighted by Crippen LogP contribution is 2.52. The average molecular weight is 224 g/mol. The zero-order valence-electron chi connectivity index (χ0n) is 9.84. The van der Waals surface area contributed by atoms with Gasteiger partial charge in [0.25, 0.3) is 0 Å². The van der Waals surface area contributed by atoms with E-state index in [9.17, 15) is 8.78 Å². The van der Waals surface area contributed by atoms with Gasteiger partial charge in [0.1, 0.15) is 0 Å². The van der Waals surface area contributed by atoms with Gasteiger partial charge < -0.3 is 0 Å². The van der Waals surface area contributed by atoms with Crippen molar-refractivity contribution < 1.29 is 8.78 Å². The van der Waals surface area contributed by atoms with Crippen molar-refractivity contribution in [3.05, 3.63) is 35.4 Å². The van der Waals surface area contributed by atoms with Crippen molar-refractivity contribution in [2.75, 3.05) is 0 Å². The minimum absolute atomic E-state index is 0.607. The van der Waals surface area contributed by atoms with Crippen LogP contribution in [0.4, 0.5) is 8.78 Å². The molecule has 1 fully saturated rings. The number of benzene rings is 1. The lowest BCUT2D eigenvalue weighted by Crippen LogP contribution is -2.17. The number of hydrogen-bond donors (Lipinski definition) is 0. The van der Waals surface area contributed by atoms with Gasteiger partial charge in [0.15, 0.2) is 0 Å². The summed E-state index contributed by atoms with van der Waals surface area (Å²) in [7, 11) is 0. The van der Waals surface area contributed by atoms with Crippen LogP contribution in [0.3, 0.4) is 0 Å². The standard InChI is InChI=1S/C14H18F2/c1-10(2)9-11-3-5-12(6-4-11)14(7-8-14)13(15)16/h3-6,10,13H,7-9H2,1-2H3. The van der Waals surface area contributed by atoms with Crippen LogP contribution in [0.25, 0.3) is 0 Å². The second-order valence-electron chi connectivity index (χ2n) is 5.25. The summed E-state index contributed by atoms with van der Waals surface area (Å²) >= 11 is 0. The van der Waals surface area contributed by atoms with Crippen LogP contribution in [-0.4, -0.2) is 6.43 Å². The number of halogens is 2. The fourth-order valence-corrected chi connectivity index (χ4v) is 2.21. The van der Waals surface area contributed by atoms with E-state index in [1.165, 1.54) is 5.56 Å². The Kier molecular flexibility index (Phi) is 3.00. The maximum atomic E-state index is 12.9. The molecule has 0 spiro atoms. The fraction of sp³-hybridized carbons (Fsp3) is 0.571. The van der Waals surface area contributed by atoms with Gasteiger partial charge in [-0.3, -0.25) is 0 Å². The molecule has 16 heavy (non-hydrogen) atoms. The Morgan fingerprint density at radius 2 is 1.69 bits per heavy atom. The summed E-state index contributed by atoms with van der Waals surface area (Å²) in [5.74, 6) is 0.607. The first kappa shape index (κ1) is 11.6. The van der Waals surface area contributed by atoms with Gasteiger partial charge in [-0.05, 0) is 36.3 Å². The Labute approximate surface area is 95.7 Å². The zero-order valence-corrected chi connectivity index (χ0v) is 9.84. The highest BCUT2D eigenvalue weighted by molar-refractivity contribution is 5.34. The SMILES string of the molecule is CC(C)Cc1ccc(C2(C(F)F)CC2)cc1. The highest BCUT2D eigenvalue weighted by atomic mass is 19.3. The highest BCUT2D eigenvalue weighted by Gasteiger charge is 2.52. The summed E-state index contributed by atoms with van der Waals surface area (Å²) in [5.41, 5.74) is 1.25. The molecule has 2 heteroatoms. The third-order valence-electron chi connectivity index (χ3n) is 3.38. The first-order valence-corrected chi connectivity index (χ1v) is 5.92. The van der Waals surface area contributed by atoms with Crippen LogP contribution in [-0.2, 0) is 11.8 Å². The molecule has 1 aliphatic carbocycles. The number of rotatable bonds is 4. The predicted molar refractivity (Wildman–Crippen MR) is 61.9 cm³/mol. The minimum Gasteiger partial charge on any atom is -0.210 e. The molecule has 1 saturated carbocycles. The molecule has 0 aromatic heterocycles. The summed E-state index contributed by atoms with van der Waals surface area (Å²) in [6, 6.07) is 7.77. The normalized spacial score (nSPS) is 18.1. The molecule has 0 amide bonds. The fourth-order valence-electron chi connectivity index (χ4n) is 2.21. The van der Waals surface area contributed by atoms with E-state index >= 15 is 0 Å². The van der Waals surface area contributed by atoms with Crippen molar-refractivity contribution in [3.63, 3.8) is 0 Å². The van der Waals surface area contributed by atoms with Gasteiger partial charge in [0.05, 0.1) is 5.41 Å². The molecule has 0 atom stereocenters. The molecule has 1 aliphatic rings. The van der Waals surface area contributed by atoms with Crippen molar-refractivity contribution >= 4 is 0 Å². The summed E-state index contributed by atoms with van der Waals surface area (Å²) in [6.45, 7) is 4.32. The number of alkyl halides is 2. The Balaban J connectivity index is 2.14. The van der Waals surface area contributed by atoms with E-state index in [2.05, 4.69) is 13.8 Å². The second-order valence-corrected chi connectivity index (χ2v) is 5.25. The summed E-state index contributed by atoms with van der Waals surface area (Å²) < 4.78 is 25.7. The molecule has 0 nitrogen and oxygen atoms in total. The molecule has 1 aromatic carbocycles. The molecule has 0 unspecified atom stereocenters. The molecule has 0 heterocycles. The summed E-state index contributed by atoms with van der Waals surface area (Å²) in [4.78, 5) is 0. The summed E-state index contributed by atoms with van der Waals surface area (Å²) in [5, 5.41) is 0. The molecule has 0 saturated heterocycles. The molecule has 2 rings (SSSR count). The lowest BCUT2D eigenvalue weighted by Gasteiger charge is -2.15. The third kappa shape index (κ3) is 2.11. The van der Waals surface area contributed by atoms with E-state index in [4.69, 9.17) is 0 Å². The van der Waals surface area contributed by atoms with Gasteiger partial charge >= 0.3 is 0 Å². The lowest BCUT2D eigenvalue weighted by atomic mass is 9.94. The molecular weight excluding hydrogens is 206 g/mol. The van der Waals surface area contributed by atoms with Gasteiger partial charge in [0, 0.05) is 0 Å². The predicted octanol–water partition coefficient (Wildman–Crippen LogP) is 4.18. The zero-order chi connectivity index (χ0) is 11.8. The van der Waals surface area contributed by atoms with Crippen molar-refractivity contribution in [2.24, 2.45) is 5.92 Å². The monoisotopic (exact) mass is 224 g/mol. The average Bonchev–Trinajstić information content (AvgIpc) is 2.98. The number of hydrogen-bond acceptors (Lipinski definition) is 0. The van der Waals surface area contributed by atoms with Gasteiger partial charge in [-0.25, -0.2) is 8.78 Å². The topological polar surface area (TPSA) is 0 Å². The van der Waals surface area contributed by atoms with Gasteiger partial charge in [0.2, 0.25) is 6.43 Å². The minimum atomic E-state index is -2.22. The van der Waals surface area contributed by atoms with Crippen molar-refractivity contribution in [3.8, 4) is 0 Å². The van der Waals surface area contributed by atoms with Crippen LogP contribution in [0.15, 0.2) is 24.3 Å². The van der Waals surface area contributed by atoms with Crippen molar-refractivity contribution in [1.82, 2.24) is 0 Å². The van der Waals surface area contributed by atoms with E-state index in [0.29, 0.717) is 18.8 Å². The molecule has 0 N–H and O–H groups in total. The molecule has 1 aromatic rings. The lowest BCUT2D eigenvalue weighted by molar-refractivity contribution is 0.102. The van der Waals surface area contributed by atoms with Crippen molar-refractivity contribution in [1.29, 1.82) is 0 Å². The Bertz CT molecular complexity index is 348. The molecule has 0 aliphatic heterocycles. The maximum Gasteiger partial charge on any atom is 0.248 e. The third-order valence-corrected chi connectivity index (χ3v) is 3.38. The van der Waals surface area contributed by atoms with E-state index in [1.807, 2.05) is 24.3 Å². The first-order chi connectivity index (χ1) is 7.54. The van der Waals surface area contributed by atoms with Gasteiger partial charge in [-0.1, -0.05) is 38.1 Å². The Morgan fingerprint density at radius 1 is 1.12 bits per heavy atom. The molecule has 0 radical (unpaired) electrons. The quantitative estimate of drug-likeness (QED) is 0.719. The van der Waals surface area contributed by atoms with Crippen LogP contribution in [0.5, 0.6) is 0 Å². The first-order valence-electron chi connectivity index (χ1n) is 5.92. The van der Waals surface area contributed by atoms with Crippen molar-refractivity contribution in [2.45, 2.75) is 45.0 Å². The van der Waals surface area contributed by atoms with Crippen LogP contribution < -0.4 is 0 Å². The van der Waals surface area contributed by atoms with E-state index in [0.717, 1.165) is 12.0 Å². The van der Waals surface area contributed by atoms with E-state index in [1.54, 1.807) is 0 Å². The van der Waals surface area contributed by atoms with Crippen LogP contribution in [0, 0.1) is 5.92 Å². The Morgan fingerprint density at radius 3 is 2.06 bits per heavy atom. The molecule has 88 valence electrons. The van der Waals surface area contributed by atoms with Crippen LogP contribution in [0.2, 0.25) is 0 Å². The van der Waals surface area contributed by atoms with Gasteiger partial charge in [-0.2, -0.15) is 0 Å². The molecule has 0 bridgehead atoms. The largest absolute Gasteiger partial charge is 0.248 e. The summed E-state index contributed by atoms with van der Waals surface area (Å²) in [6.07, 6.45) is 0.0631. The second kappa shape index (κ2) is 4.15.